The monoisotopic (exact) mass is 385 g/mol. The molecule has 144 valence electrons. The fourth-order valence-electron chi connectivity index (χ4n) is 2.25. The molecule has 0 unspecified atom stereocenters. The van der Waals surface area contributed by atoms with Gasteiger partial charge < -0.3 is 14.8 Å². The molecule has 3 aromatic rings. The minimum absolute atomic E-state index is 0.183. The number of hydrogen-bond acceptors (Lipinski definition) is 5. The lowest BCUT2D eigenvalue weighted by Gasteiger charge is -2.08. The molecule has 0 spiro atoms. The highest BCUT2D eigenvalue weighted by molar-refractivity contribution is 5.77. The third-order valence-electron chi connectivity index (χ3n) is 3.64. The Morgan fingerprint density at radius 3 is 2.18 bits per heavy atom. The average Bonchev–Trinajstić information content (AvgIpc) is 2.72. The zero-order valence-electron chi connectivity index (χ0n) is 14.8. The van der Waals surface area contributed by atoms with Crippen LogP contribution in [0.1, 0.15) is 0 Å². The van der Waals surface area contributed by atoms with Crippen LogP contribution in [0.4, 0.5) is 8.78 Å². The van der Waals surface area contributed by atoms with Crippen LogP contribution < -0.4 is 14.8 Å². The number of nitrogens with zero attached hydrogens (tertiary/aromatic N) is 2. The molecule has 8 heteroatoms. The molecule has 0 aliphatic heterocycles. The highest BCUT2D eigenvalue weighted by Gasteiger charge is 2.05. The van der Waals surface area contributed by atoms with E-state index in [0.717, 1.165) is 5.56 Å². The Hall–Kier alpha value is -3.55. The quantitative estimate of drug-likeness (QED) is 0.604. The first-order valence-corrected chi connectivity index (χ1v) is 8.48. The van der Waals surface area contributed by atoms with Crippen LogP contribution in [-0.2, 0) is 4.79 Å². The molecule has 1 amide bonds. The summed E-state index contributed by atoms with van der Waals surface area (Å²) < 4.78 is 36.4. The summed E-state index contributed by atoms with van der Waals surface area (Å²) >= 11 is 0. The molecule has 3 rings (SSSR count). The maximum Gasteiger partial charge on any atom is 0.258 e. The number of carbonyl (C=O) groups excluding carboxylic acids is 1. The Labute approximate surface area is 160 Å². The molecule has 0 bridgehead atoms. The summed E-state index contributed by atoms with van der Waals surface area (Å²) in [5, 5.41) is 10.6. The number of ether oxygens (including phenoxy) is 2. The first-order chi connectivity index (χ1) is 13.6. The number of rotatable bonds is 8. The van der Waals surface area contributed by atoms with E-state index in [-0.39, 0.29) is 37.3 Å². The Balaban J connectivity index is 1.37. The molecule has 0 radical (unpaired) electrons. The molecule has 28 heavy (non-hydrogen) atoms. The summed E-state index contributed by atoms with van der Waals surface area (Å²) in [6, 6.07) is 14.7. The van der Waals surface area contributed by atoms with Crippen LogP contribution in [0, 0.1) is 11.6 Å². The van der Waals surface area contributed by atoms with Gasteiger partial charge in [0.05, 0.1) is 12.2 Å². The number of hydrogen-bond donors (Lipinski definition) is 1. The largest absolute Gasteiger partial charge is 0.484 e. The zero-order chi connectivity index (χ0) is 19.8. The molecule has 0 aliphatic carbocycles. The van der Waals surface area contributed by atoms with Gasteiger partial charge >= 0.3 is 0 Å². The third kappa shape index (κ3) is 5.73. The lowest BCUT2D eigenvalue weighted by atomic mass is 10.1. The number of aromatic nitrogens is 2. The van der Waals surface area contributed by atoms with Crippen molar-refractivity contribution >= 4 is 5.91 Å². The minimum Gasteiger partial charge on any atom is -0.484 e. The molecular weight excluding hydrogens is 368 g/mol. The SMILES string of the molecule is O=C(COc1ccc(F)cc1)NCCOc1ccc(-c2ccc(F)cc2)nn1. The van der Waals surface area contributed by atoms with Crippen molar-refractivity contribution in [3.8, 4) is 22.9 Å². The second kappa shape index (κ2) is 9.40. The van der Waals surface area contributed by atoms with Crippen LogP contribution in [0.2, 0.25) is 0 Å². The average molecular weight is 385 g/mol. The van der Waals surface area contributed by atoms with Gasteiger partial charge in [-0.05, 0) is 54.6 Å². The van der Waals surface area contributed by atoms with E-state index < -0.39 is 0 Å². The molecule has 0 atom stereocenters. The van der Waals surface area contributed by atoms with Crippen molar-refractivity contribution in [2.45, 2.75) is 0 Å². The fourth-order valence-corrected chi connectivity index (χ4v) is 2.25. The van der Waals surface area contributed by atoms with Crippen molar-refractivity contribution in [3.05, 3.63) is 72.3 Å². The Morgan fingerprint density at radius 1 is 0.857 bits per heavy atom. The summed E-state index contributed by atoms with van der Waals surface area (Å²) in [6.45, 7) is 0.275. The van der Waals surface area contributed by atoms with E-state index in [4.69, 9.17) is 9.47 Å². The number of nitrogens with one attached hydrogen (secondary N) is 1. The summed E-state index contributed by atoms with van der Waals surface area (Å²) in [6.07, 6.45) is 0. The van der Waals surface area contributed by atoms with Gasteiger partial charge in [0.25, 0.3) is 5.91 Å². The number of amides is 1. The summed E-state index contributed by atoms with van der Waals surface area (Å²) in [5.74, 6) is -0.304. The molecule has 1 heterocycles. The predicted octanol–water partition coefficient (Wildman–Crippen LogP) is 3.00. The number of benzene rings is 2. The van der Waals surface area contributed by atoms with Crippen molar-refractivity contribution in [2.75, 3.05) is 19.8 Å². The molecule has 2 aromatic carbocycles. The molecule has 0 saturated heterocycles. The van der Waals surface area contributed by atoms with E-state index in [0.29, 0.717) is 17.3 Å². The molecule has 1 N–H and O–H groups in total. The predicted molar refractivity (Wildman–Crippen MR) is 97.8 cm³/mol. The van der Waals surface area contributed by atoms with E-state index in [1.165, 1.54) is 36.4 Å². The summed E-state index contributed by atoms with van der Waals surface area (Å²) in [5.41, 5.74) is 1.34. The van der Waals surface area contributed by atoms with E-state index in [1.807, 2.05) is 0 Å². The third-order valence-corrected chi connectivity index (χ3v) is 3.64. The van der Waals surface area contributed by atoms with Crippen LogP contribution in [0.5, 0.6) is 11.6 Å². The standard InChI is InChI=1S/C20H17F2N3O3/c21-15-3-1-14(2-4-15)18-9-10-20(25-24-18)27-12-11-23-19(26)13-28-17-7-5-16(22)6-8-17/h1-10H,11-13H2,(H,23,26). The van der Waals surface area contributed by atoms with Gasteiger partial charge in [0, 0.05) is 11.6 Å². The van der Waals surface area contributed by atoms with Crippen LogP contribution in [0.3, 0.4) is 0 Å². The Bertz CT molecular complexity index is 901. The van der Waals surface area contributed by atoms with Crippen molar-refractivity contribution in [2.24, 2.45) is 0 Å². The summed E-state index contributed by atoms with van der Waals surface area (Å²) in [4.78, 5) is 11.7. The van der Waals surface area contributed by atoms with E-state index in [1.54, 1.807) is 24.3 Å². The van der Waals surface area contributed by atoms with Crippen molar-refractivity contribution in [1.82, 2.24) is 15.5 Å². The van der Waals surface area contributed by atoms with E-state index in [9.17, 15) is 13.6 Å². The lowest BCUT2D eigenvalue weighted by molar-refractivity contribution is -0.123. The second-order valence-corrected chi connectivity index (χ2v) is 5.70. The minimum atomic E-state index is -0.372. The number of carbonyl (C=O) groups is 1. The van der Waals surface area contributed by atoms with Gasteiger partial charge in [-0.2, -0.15) is 0 Å². The van der Waals surface area contributed by atoms with Crippen molar-refractivity contribution < 1.29 is 23.0 Å². The molecule has 0 saturated carbocycles. The van der Waals surface area contributed by atoms with Gasteiger partial charge in [0.1, 0.15) is 24.0 Å². The van der Waals surface area contributed by atoms with Gasteiger partial charge in [-0.1, -0.05) is 0 Å². The molecular formula is C20H17F2N3O3. The van der Waals surface area contributed by atoms with Crippen LogP contribution in [-0.4, -0.2) is 35.9 Å². The fraction of sp³-hybridized carbons (Fsp3) is 0.150. The van der Waals surface area contributed by atoms with Crippen LogP contribution >= 0.6 is 0 Å². The maximum atomic E-state index is 12.9. The van der Waals surface area contributed by atoms with E-state index in [2.05, 4.69) is 15.5 Å². The maximum absolute atomic E-state index is 12.9. The van der Waals surface area contributed by atoms with Crippen LogP contribution in [0.15, 0.2) is 60.7 Å². The molecule has 0 fully saturated rings. The second-order valence-electron chi connectivity index (χ2n) is 5.70. The van der Waals surface area contributed by atoms with Crippen molar-refractivity contribution in [3.63, 3.8) is 0 Å². The highest BCUT2D eigenvalue weighted by atomic mass is 19.1. The first-order valence-electron chi connectivity index (χ1n) is 8.48. The smallest absolute Gasteiger partial charge is 0.258 e. The number of halogens is 2. The normalized spacial score (nSPS) is 10.4. The summed E-state index contributed by atoms with van der Waals surface area (Å²) in [7, 11) is 0. The van der Waals surface area contributed by atoms with E-state index >= 15 is 0 Å². The Morgan fingerprint density at radius 2 is 1.54 bits per heavy atom. The van der Waals surface area contributed by atoms with Gasteiger partial charge in [-0.3, -0.25) is 4.79 Å². The molecule has 1 aromatic heterocycles. The van der Waals surface area contributed by atoms with Crippen LogP contribution in [0.25, 0.3) is 11.3 Å². The Kier molecular flexibility index (Phi) is 6.46. The lowest BCUT2D eigenvalue weighted by Crippen LogP contribution is -2.32. The van der Waals surface area contributed by atoms with Gasteiger partial charge in [0.15, 0.2) is 6.61 Å². The topological polar surface area (TPSA) is 73.3 Å². The highest BCUT2D eigenvalue weighted by Crippen LogP contribution is 2.18. The molecule has 0 aliphatic rings. The van der Waals surface area contributed by atoms with Gasteiger partial charge in [-0.25, -0.2) is 8.78 Å². The van der Waals surface area contributed by atoms with Gasteiger partial charge in [0.2, 0.25) is 5.88 Å². The molecule has 6 nitrogen and oxygen atoms in total. The first kappa shape index (κ1) is 19.2. The van der Waals surface area contributed by atoms with Crippen molar-refractivity contribution in [1.29, 1.82) is 0 Å². The van der Waals surface area contributed by atoms with Gasteiger partial charge in [-0.15, -0.1) is 10.2 Å². The zero-order valence-corrected chi connectivity index (χ0v) is 14.8.